The monoisotopic (exact) mass is 447 g/mol. The minimum absolute atomic E-state index is 0.0890. The maximum atomic E-state index is 12.9. The average Bonchev–Trinajstić information content (AvgIpc) is 3.23. The Balaban J connectivity index is 1.71. The molecule has 0 saturated carbocycles. The molecule has 1 amide bonds. The number of anilines is 1. The molecule has 0 atom stereocenters. The van der Waals surface area contributed by atoms with Crippen molar-refractivity contribution < 1.29 is 14.1 Å². The van der Waals surface area contributed by atoms with Gasteiger partial charge in [0.2, 0.25) is 5.01 Å². The van der Waals surface area contributed by atoms with Crippen LogP contribution in [-0.2, 0) is 6.54 Å². The molecular weight excluding hydrogens is 433 g/mol. The summed E-state index contributed by atoms with van der Waals surface area (Å²) in [4.78, 5) is 22.9. The summed E-state index contributed by atoms with van der Waals surface area (Å²) < 4.78 is 12.9. The second kappa shape index (κ2) is 9.42. The first kappa shape index (κ1) is 21.3. The van der Waals surface area contributed by atoms with Crippen LogP contribution < -0.4 is 10.6 Å². The standard InChI is InChI=1S/C19H15ClFN5O3S/c1-22-15-7-4-12(9-16(15)26(28)29)8-14(20)18-24-25-19(30-18)17(27)23-10-11-2-5-13(21)6-3-11/h2-9,22H,10H2,1H3,(H,23,27)/b14-8-. The zero-order valence-electron chi connectivity index (χ0n) is 15.6. The summed E-state index contributed by atoms with van der Waals surface area (Å²) in [5.41, 5.74) is 1.53. The highest BCUT2D eigenvalue weighted by atomic mass is 35.5. The SMILES string of the molecule is CNc1ccc(/C=C(\Cl)c2nnc(C(=O)NCc3ccc(F)cc3)s2)cc1[N+](=O)[O-]. The molecule has 0 unspecified atom stereocenters. The van der Waals surface area contributed by atoms with Crippen molar-refractivity contribution in [2.24, 2.45) is 0 Å². The van der Waals surface area contributed by atoms with E-state index in [4.69, 9.17) is 11.6 Å². The van der Waals surface area contributed by atoms with Gasteiger partial charge < -0.3 is 10.6 Å². The fraction of sp³-hybridized carbons (Fsp3) is 0.105. The van der Waals surface area contributed by atoms with Crippen LogP contribution in [0.1, 0.15) is 25.9 Å². The average molecular weight is 448 g/mol. The number of amides is 1. The second-order valence-corrected chi connectivity index (χ2v) is 7.38. The predicted molar refractivity (Wildman–Crippen MR) is 114 cm³/mol. The molecule has 1 aromatic heterocycles. The zero-order valence-corrected chi connectivity index (χ0v) is 17.1. The van der Waals surface area contributed by atoms with Crippen LogP contribution in [0.4, 0.5) is 15.8 Å². The quantitative estimate of drug-likeness (QED) is 0.413. The Kier molecular flexibility index (Phi) is 6.70. The van der Waals surface area contributed by atoms with Crippen LogP contribution >= 0.6 is 22.9 Å². The van der Waals surface area contributed by atoms with Gasteiger partial charge in [0.1, 0.15) is 11.5 Å². The van der Waals surface area contributed by atoms with Crippen molar-refractivity contribution in [3.63, 3.8) is 0 Å². The van der Waals surface area contributed by atoms with Gasteiger partial charge in [-0.05, 0) is 35.4 Å². The Morgan fingerprint density at radius 1 is 1.23 bits per heavy atom. The molecule has 0 bridgehead atoms. The first-order chi connectivity index (χ1) is 14.4. The van der Waals surface area contributed by atoms with Crippen molar-refractivity contribution in [2.45, 2.75) is 6.54 Å². The normalized spacial score (nSPS) is 11.2. The molecule has 30 heavy (non-hydrogen) atoms. The van der Waals surface area contributed by atoms with Gasteiger partial charge in [-0.25, -0.2) is 4.39 Å². The largest absolute Gasteiger partial charge is 0.383 e. The molecule has 0 aliphatic carbocycles. The lowest BCUT2D eigenvalue weighted by molar-refractivity contribution is -0.383. The van der Waals surface area contributed by atoms with Crippen molar-refractivity contribution >= 4 is 51.3 Å². The smallest absolute Gasteiger partial charge is 0.292 e. The van der Waals surface area contributed by atoms with Gasteiger partial charge in [-0.1, -0.05) is 41.1 Å². The molecule has 0 spiro atoms. The maximum Gasteiger partial charge on any atom is 0.292 e. The summed E-state index contributed by atoms with van der Waals surface area (Å²) >= 11 is 7.25. The molecule has 2 N–H and O–H groups in total. The van der Waals surface area contributed by atoms with Gasteiger partial charge in [-0.3, -0.25) is 14.9 Å². The van der Waals surface area contributed by atoms with E-state index in [1.54, 1.807) is 31.3 Å². The van der Waals surface area contributed by atoms with E-state index in [1.165, 1.54) is 24.3 Å². The number of nitrogens with one attached hydrogen (secondary N) is 2. The molecule has 8 nitrogen and oxygen atoms in total. The van der Waals surface area contributed by atoms with E-state index in [0.717, 1.165) is 16.9 Å². The summed E-state index contributed by atoms with van der Waals surface area (Å²) in [6.45, 7) is 0.207. The highest BCUT2D eigenvalue weighted by molar-refractivity contribution is 7.15. The lowest BCUT2D eigenvalue weighted by Gasteiger charge is -2.03. The Morgan fingerprint density at radius 2 is 1.93 bits per heavy atom. The molecule has 2 aromatic carbocycles. The molecule has 1 heterocycles. The number of benzene rings is 2. The van der Waals surface area contributed by atoms with Gasteiger partial charge in [0.05, 0.1) is 9.96 Å². The molecule has 154 valence electrons. The topological polar surface area (TPSA) is 110 Å². The van der Waals surface area contributed by atoms with Gasteiger partial charge >= 0.3 is 0 Å². The first-order valence-electron chi connectivity index (χ1n) is 8.57. The zero-order chi connectivity index (χ0) is 21.7. The van der Waals surface area contributed by atoms with Gasteiger partial charge in [0.15, 0.2) is 5.01 Å². The van der Waals surface area contributed by atoms with Gasteiger partial charge in [0.25, 0.3) is 11.6 Å². The van der Waals surface area contributed by atoms with Crippen molar-refractivity contribution in [3.8, 4) is 0 Å². The third-order valence-electron chi connectivity index (χ3n) is 3.97. The van der Waals surface area contributed by atoms with Crippen LogP contribution in [0, 0.1) is 15.9 Å². The predicted octanol–water partition coefficient (Wildman–Crippen LogP) is 4.29. The third-order valence-corrected chi connectivity index (χ3v) is 5.33. The number of nitro groups is 1. The summed E-state index contributed by atoms with van der Waals surface area (Å²) in [6, 6.07) is 10.4. The number of carbonyl (C=O) groups is 1. The van der Waals surface area contributed by atoms with Crippen molar-refractivity contribution in [1.82, 2.24) is 15.5 Å². The summed E-state index contributed by atoms with van der Waals surface area (Å²) in [6.07, 6.45) is 1.51. The van der Waals surface area contributed by atoms with Gasteiger partial charge in [-0.15, -0.1) is 10.2 Å². The second-order valence-electron chi connectivity index (χ2n) is 6.00. The van der Waals surface area contributed by atoms with E-state index in [1.807, 2.05) is 0 Å². The molecular formula is C19H15ClFN5O3S. The molecule has 0 aliphatic heterocycles. The third kappa shape index (κ3) is 5.16. The fourth-order valence-electron chi connectivity index (χ4n) is 2.48. The van der Waals surface area contributed by atoms with Crippen molar-refractivity contribution in [2.75, 3.05) is 12.4 Å². The number of nitrogens with zero attached hydrogens (tertiary/aromatic N) is 3. The minimum atomic E-state index is -0.494. The van der Waals surface area contributed by atoms with Crippen molar-refractivity contribution in [3.05, 3.63) is 79.5 Å². The number of hydrogen-bond acceptors (Lipinski definition) is 7. The molecule has 0 fully saturated rings. The van der Waals surface area contributed by atoms with Crippen LogP contribution in [0.2, 0.25) is 0 Å². The maximum absolute atomic E-state index is 12.9. The Bertz CT molecular complexity index is 1120. The summed E-state index contributed by atoms with van der Waals surface area (Å²) in [5.74, 6) is -0.798. The molecule has 0 radical (unpaired) electrons. The van der Waals surface area contributed by atoms with E-state index >= 15 is 0 Å². The Labute approximate surface area is 179 Å². The fourth-order valence-corrected chi connectivity index (χ4v) is 3.43. The lowest BCUT2D eigenvalue weighted by atomic mass is 10.1. The lowest BCUT2D eigenvalue weighted by Crippen LogP contribution is -2.22. The number of carbonyl (C=O) groups excluding carboxylic acids is 1. The van der Waals surface area contributed by atoms with Crippen LogP contribution in [0.5, 0.6) is 0 Å². The molecule has 3 rings (SSSR count). The highest BCUT2D eigenvalue weighted by Crippen LogP contribution is 2.29. The number of nitro benzene ring substituents is 1. The van der Waals surface area contributed by atoms with Gasteiger partial charge in [-0.2, -0.15) is 0 Å². The summed E-state index contributed by atoms with van der Waals surface area (Å²) in [7, 11) is 1.59. The van der Waals surface area contributed by atoms with Crippen LogP contribution in [-0.4, -0.2) is 28.1 Å². The van der Waals surface area contributed by atoms with E-state index in [-0.39, 0.29) is 28.1 Å². The molecule has 3 aromatic rings. The van der Waals surface area contributed by atoms with E-state index < -0.39 is 10.8 Å². The molecule has 0 aliphatic rings. The Hall–Kier alpha value is -3.37. The number of hydrogen-bond donors (Lipinski definition) is 2. The van der Waals surface area contributed by atoms with Crippen LogP contribution in [0.15, 0.2) is 42.5 Å². The van der Waals surface area contributed by atoms with Gasteiger partial charge in [0, 0.05) is 19.7 Å². The van der Waals surface area contributed by atoms with Crippen LogP contribution in [0.25, 0.3) is 11.1 Å². The number of halogens is 2. The first-order valence-corrected chi connectivity index (χ1v) is 9.76. The van der Waals surface area contributed by atoms with E-state index in [9.17, 15) is 19.3 Å². The van der Waals surface area contributed by atoms with Crippen LogP contribution in [0.3, 0.4) is 0 Å². The van der Waals surface area contributed by atoms with E-state index in [0.29, 0.717) is 16.3 Å². The Morgan fingerprint density at radius 3 is 2.60 bits per heavy atom. The molecule has 11 heteroatoms. The van der Waals surface area contributed by atoms with E-state index in [2.05, 4.69) is 20.8 Å². The minimum Gasteiger partial charge on any atom is -0.383 e. The van der Waals surface area contributed by atoms with Crippen molar-refractivity contribution in [1.29, 1.82) is 0 Å². The number of rotatable bonds is 7. The highest BCUT2D eigenvalue weighted by Gasteiger charge is 2.16. The summed E-state index contributed by atoms with van der Waals surface area (Å²) in [5, 5.41) is 24.9. The molecule has 0 saturated heterocycles. The number of aromatic nitrogens is 2.